The fourth-order valence-electron chi connectivity index (χ4n) is 3.24. The Morgan fingerprint density at radius 1 is 1.35 bits per heavy atom. The maximum atomic E-state index is 12.6. The van der Waals surface area contributed by atoms with Crippen LogP contribution >= 0.6 is 12.4 Å². The van der Waals surface area contributed by atoms with Crippen LogP contribution in [-0.4, -0.2) is 37.5 Å². The highest BCUT2D eigenvalue weighted by molar-refractivity contribution is 5.96. The van der Waals surface area contributed by atoms with E-state index in [9.17, 15) is 4.79 Å². The number of piperidine rings is 1. The van der Waals surface area contributed by atoms with Crippen molar-refractivity contribution >= 4 is 29.3 Å². The summed E-state index contributed by atoms with van der Waals surface area (Å²) in [6, 6.07) is 7.87. The van der Waals surface area contributed by atoms with Gasteiger partial charge in [0.1, 0.15) is 5.58 Å². The fourth-order valence-corrected chi connectivity index (χ4v) is 3.24. The lowest BCUT2D eigenvalue weighted by Gasteiger charge is -2.31. The lowest BCUT2D eigenvalue weighted by atomic mass is 9.93. The molecule has 126 valence electrons. The van der Waals surface area contributed by atoms with E-state index in [2.05, 4.69) is 5.32 Å². The minimum Gasteiger partial charge on any atom is -0.451 e. The number of amides is 1. The number of aryl methyl sites for hydroxylation is 1. The average molecular weight is 337 g/mol. The maximum absolute atomic E-state index is 12.6. The number of carbonyl (C=O) groups excluding carboxylic acids is 1. The van der Waals surface area contributed by atoms with Gasteiger partial charge in [-0.2, -0.15) is 0 Å². The molecular formula is C18H25ClN2O2. The SMILES string of the molecule is CNCCC1CCN(C(=O)c2cc3cccc(C)c3o2)CC1.Cl. The van der Waals surface area contributed by atoms with Crippen molar-refractivity contribution in [2.45, 2.75) is 26.2 Å². The summed E-state index contributed by atoms with van der Waals surface area (Å²) in [4.78, 5) is 14.6. The Labute approximate surface area is 143 Å². The van der Waals surface area contributed by atoms with E-state index in [1.165, 1.54) is 6.42 Å². The van der Waals surface area contributed by atoms with Gasteiger partial charge in [0, 0.05) is 18.5 Å². The Bertz CT molecular complexity index is 660. The molecule has 1 N–H and O–H groups in total. The summed E-state index contributed by atoms with van der Waals surface area (Å²) in [5.41, 5.74) is 1.90. The van der Waals surface area contributed by atoms with Crippen LogP contribution < -0.4 is 5.32 Å². The highest BCUT2D eigenvalue weighted by Gasteiger charge is 2.25. The van der Waals surface area contributed by atoms with Crippen molar-refractivity contribution in [1.29, 1.82) is 0 Å². The maximum Gasteiger partial charge on any atom is 0.289 e. The second-order valence-electron chi connectivity index (χ2n) is 6.23. The number of hydrogen-bond donors (Lipinski definition) is 1. The molecule has 0 radical (unpaired) electrons. The van der Waals surface area contributed by atoms with Gasteiger partial charge in [0.2, 0.25) is 0 Å². The van der Waals surface area contributed by atoms with Gasteiger partial charge in [-0.1, -0.05) is 18.2 Å². The first-order valence-corrected chi connectivity index (χ1v) is 8.12. The Hall–Kier alpha value is -1.52. The van der Waals surface area contributed by atoms with Crippen molar-refractivity contribution in [3.8, 4) is 0 Å². The quantitative estimate of drug-likeness (QED) is 0.927. The Morgan fingerprint density at radius 2 is 2.09 bits per heavy atom. The highest BCUT2D eigenvalue weighted by atomic mass is 35.5. The number of hydrogen-bond acceptors (Lipinski definition) is 3. The molecule has 1 fully saturated rings. The number of likely N-dealkylation sites (tertiary alicyclic amines) is 1. The summed E-state index contributed by atoms with van der Waals surface area (Å²) < 4.78 is 5.80. The smallest absolute Gasteiger partial charge is 0.289 e. The number of fused-ring (bicyclic) bond motifs is 1. The number of nitrogens with zero attached hydrogens (tertiary/aromatic N) is 1. The van der Waals surface area contributed by atoms with E-state index in [0.29, 0.717) is 5.76 Å². The molecule has 1 aliphatic heterocycles. The minimum absolute atomic E-state index is 0. The molecule has 2 heterocycles. The number of furan rings is 1. The molecule has 3 rings (SSSR count). The molecule has 0 saturated carbocycles. The van der Waals surface area contributed by atoms with Gasteiger partial charge in [0.05, 0.1) is 0 Å². The second-order valence-corrected chi connectivity index (χ2v) is 6.23. The average Bonchev–Trinajstić information content (AvgIpc) is 2.98. The van der Waals surface area contributed by atoms with Crippen LogP contribution in [0.3, 0.4) is 0 Å². The standard InChI is InChI=1S/C18H24N2O2.ClH/c1-13-4-3-5-15-12-16(22-17(13)15)18(21)20-10-7-14(8-11-20)6-9-19-2;/h3-5,12,14,19H,6-11H2,1-2H3;1H. The first kappa shape index (κ1) is 17.8. The highest BCUT2D eigenvalue weighted by Crippen LogP contribution is 2.26. The summed E-state index contributed by atoms with van der Waals surface area (Å²) in [7, 11) is 1.99. The minimum atomic E-state index is 0. The zero-order chi connectivity index (χ0) is 15.5. The molecule has 5 heteroatoms. The van der Waals surface area contributed by atoms with Gasteiger partial charge in [-0.25, -0.2) is 0 Å². The molecule has 1 saturated heterocycles. The molecule has 1 aromatic carbocycles. The van der Waals surface area contributed by atoms with E-state index < -0.39 is 0 Å². The van der Waals surface area contributed by atoms with E-state index in [4.69, 9.17) is 4.42 Å². The lowest BCUT2D eigenvalue weighted by molar-refractivity contribution is 0.0657. The van der Waals surface area contributed by atoms with Gasteiger partial charge in [0.15, 0.2) is 5.76 Å². The molecular weight excluding hydrogens is 312 g/mol. The molecule has 1 aliphatic rings. The first-order chi connectivity index (χ1) is 10.7. The first-order valence-electron chi connectivity index (χ1n) is 8.12. The van der Waals surface area contributed by atoms with E-state index >= 15 is 0 Å². The summed E-state index contributed by atoms with van der Waals surface area (Å²) >= 11 is 0. The molecule has 1 aromatic heterocycles. The summed E-state index contributed by atoms with van der Waals surface area (Å²) in [6.07, 6.45) is 3.38. The van der Waals surface area contributed by atoms with Crippen molar-refractivity contribution in [2.75, 3.05) is 26.7 Å². The largest absolute Gasteiger partial charge is 0.451 e. The zero-order valence-corrected chi connectivity index (χ0v) is 14.6. The van der Waals surface area contributed by atoms with Gasteiger partial charge in [-0.15, -0.1) is 12.4 Å². The lowest BCUT2D eigenvalue weighted by Crippen LogP contribution is -2.38. The Balaban J connectivity index is 0.00000192. The predicted octanol–water partition coefficient (Wildman–Crippen LogP) is 3.62. The van der Waals surface area contributed by atoms with Crippen molar-refractivity contribution in [1.82, 2.24) is 10.2 Å². The molecule has 1 amide bonds. The third-order valence-corrected chi connectivity index (χ3v) is 4.66. The Morgan fingerprint density at radius 3 is 2.74 bits per heavy atom. The second kappa shape index (κ2) is 7.84. The van der Waals surface area contributed by atoms with Crippen molar-refractivity contribution in [3.05, 3.63) is 35.6 Å². The molecule has 4 nitrogen and oxygen atoms in total. The summed E-state index contributed by atoms with van der Waals surface area (Å²) in [5, 5.41) is 4.21. The zero-order valence-electron chi connectivity index (χ0n) is 13.8. The molecule has 0 bridgehead atoms. The fraction of sp³-hybridized carbons (Fsp3) is 0.500. The van der Waals surface area contributed by atoms with E-state index in [1.807, 2.05) is 43.1 Å². The van der Waals surface area contributed by atoms with Gasteiger partial charge in [0.25, 0.3) is 5.91 Å². The third kappa shape index (κ3) is 3.88. The molecule has 2 aromatic rings. The van der Waals surface area contributed by atoms with Gasteiger partial charge in [-0.3, -0.25) is 4.79 Å². The number of halogens is 1. The van der Waals surface area contributed by atoms with Crippen LogP contribution in [0.1, 0.15) is 35.4 Å². The van der Waals surface area contributed by atoms with Gasteiger partial charge in [-0.05, 0) is 57.3 Å². The normalized spacial score (nSPS) is 15.7. The Kier molecular flexibility index (Phi) is 6.08. The van der Waals surface area contributed by atoms with Crippen LogP contribution in [0.2, 0.25) is 0 Å². The molecule has 0 unspecified atom stereocenters. The molecule has 0 spiro atoms. The number of nitrogens with one attached hydrogen (secondary N) is 1. The molecule has 0 aliphatic carbocycles. The van der Waals surface area contributed by atoms with Crippen LogP contribution in [0.15, 0.2) is 28.7 Å². The van der Waals surface area contributed by atoms with E-state index in [-0.39, 0.29) is 18.3 Å². The third-order valence-electron chi connectivity index (χ3n) is 4.66. The number of para-hydroxylation sites is 1. The summed E-state index contributed by atoms with van der Waals surface area (Å²) in [5.74, 6) is 1.23. The van der Waals surface area contributed by atoms with Crippen molar-refractivity contribution < 1.29 is 9.21 Å². The van der Waals surface area contributed by atoms with Gasteiger partial charge < -0.3 is 14.6 Å². The van der Waals surface area contributed by atoms with Crippen LogP contribution in [0.25, 0.3) is 11.0 Å². The van der Waals surface area contributed by atoms with Gasteiger partial charge >= 0.3 is 0 Å². The number of carbonyl (C=O) groups is 1. The monoisotopic (exact) mass is 336 g/mol. The number of rotatable bonds is 4. The summed E-state index contributed by atoms with van der Waals surface area (Å²) in [6.45, 7) is 4.74. The molecule has 0 atom stereocenters. The number of benzene rings is 1. The van der Waals surface area contributed by atoms with Crippen LogP contribution in [-0.2, 0) is 0 Å². The van der Waals surface area contributed by atoms with Crippen LogP contribution in [0.4, 0.5) is 0 Å². The van der Waals surface area contributed by atoms with E-state index in [0.717, 1.165) is 54.9 Å². The van der Waals surface area contributed by atoms with Crippen LogP contribution in [0, 0.1) is 12.8 Å². The topological polar surface area (TPSA) is 45.5 Å². The molecule has 23 heavy (non-hydrogen) atoms. The van der Waals surface area contributed by atoms with Crippen LogP contribution in [0.5, 0.6) is 0 Å². The van der Waals surface area contributed by atoms with Crippen molar-refractivity contribution in [2.24, 2.45) is 5.92 Å². The van der Waals surface area contributed by atoms with Crippen molar-refractivity contribution in [3.63, 3.8) is 0 Å². The van der Waals surface area contributed by atoms with E-state index in [1.54, 1.807) is 0 Å². The predicted molar refractivity (Wildman–Crippen MR) is 95.4 cm³/mol.